The van der Waals surface area contributed by atoms with E-state index in [4.69, 9.17) is 0 Å². The molecule has 1 aromatic carbocycles. The van der Waals surface area contributed by atoms with Crippen molar-refractivity contribution in [2.45, 2.75) is 26.3 Å². The van der Waals surface area contributed by atoms with Crippen molar-refractivity contribution in [3.8, 4) is 0 Å². The van der Waals surface area contributed by atoms with Crippen LogP contribution in [-0.4, -0.2) is 18.4 Å². The summed E-state index contributed by atoms with van der Waals surface area (Å²) in [5.74, 6) is -0.229. The number of benzene rings is 1. The molecule has 2 amide bonds. The van der Waals surface area contributed by atoms with E-state index in [0.29, 0.717) is 19.5 Å². The summed E-state index contributed by atoms with van der Waals surface area (Å²) < 4.78 is 0. The van der Waals surface area contributed by atoms with Crippen LogP contribution in [0.15, 0.2) is 24.3 Å². The predicted octanol–water partition coefficient (Wildman–Crippen LogP) is 1.14. The number of carbonyl (C=O) groups is 2. The Bertz CT molecular complexity index is 457. The van der Waals surface area contributed by atoms with Crippen molar-refractivity contribution in [1.29, 1.82) is 0 Å². The summed E-state index contributed by atoms with van der Waals surface area (Å²) in [5.41, 5.74) is 2.28. The van der Waals surface area contributed by atoms with Gasteiger partial charge in [-0.25, -0.2) is 0 Å². The quantitative estimate of drug-likeness (QED) is 0.840. The molecule has 1 atom stereocenters. The highest BCUT2D eigenvalue weighted by Gasteiger charge is 2.25. The first-order valence-electron chi connectivity index (χ1n) is 6.25. The van der Waals surface area contributed by atoms with Gasteiger partial charge in [0.1, 0.15) is 0 Å². The average Bonchev–Trinajstić information content (AvgIpc) is 2.37. The Hall–Kier alpha value is -1.84. The Labute approximate surface area is 107 Å². The Balaban J connectivity index is 1.88. The second-order valence-electron chi connectivity index (χ2n) is 4.68. The van der Waals surface area contributed by atoms with Gasteiger partial charge in [0, 0.05) is 25.4 Å². The molecule has 0 aromatic heterocycles. The fourth-order valence-electron chi connectivity index (χ4n) is 2.14. The molecule has 1 saturated heterocycles. The van der Waals surface area contributed by atoms with Gasteiger partial charge in [-0.05, 0) is 24.5 Å². The fraction of sp³-hybridized carbons (Fsp3) is 0.429. The van der Waals surface area contributed by atoms with Gasteiger partial charge in [-0.2, -0.15) is 0 Å². The smallest absolute Gasteiger partial charge is 0.223 e. The summed E-state index contributed by atoms with van der Waals surface area (Å²) in [5, 5.41) is 5.64. The van der Waals surface area contributed by atoms with Crippen LogP contribution in [0.2, 0.25) is 0 Å². The third-order valence-corrected chi connectivity index (χ3v) is 3.33. The number of rotatable bonds is 3. The van der Waals surface area contributed by atoms with E-state index in [2.05, 4.69) is 10.6 Å². The number of amides is 2. The van der Waals surface area contributed by atoms with Gasteiger partial charge in [0.15, 0.2) is 0 Å². The molecule has 1 aliphatic heterocycles. The third kappa shape index (κ3) is 3.09. The normalized spacial score (nSPS) is 19.2. The Morgan fingerprint density at radius 1 is 1.44 bits per heavy atom. The minimum absolute atomic E-state index is 0.0203. The molecule has 0 bridgehead atoms. The number of carbonyl (C=O) groups excluding carboxylic acids is 2. The van der Waals surface area contributed by atoms with Crippen LogP contribution in [0.4, 0.5) is 0 Å². The molecule has 0 spiro atoms. The second kappa shape index (κ2) is 5.67. The van der Waals surface area contributed by atoms with Crippen molar-refractivity contribution >= 4 is 11.8 Å². The molecule has 4 nitrogen and oxygen atoms in total. The Morgan fingerprint density at radius 3 is 2.94 bits per heavy atom. The van der Waals surface area contributed by atoms with Crippen molar-refractivity contribution in [3.63, 3.8) is 0 Å². The molecule has 0 saturated carbocycles. The van der Waals surface area contributed by atoms with Gasteiger partial charge in [0.25, 0.3) is 0 Å². The summed E-state index contributed by atoms with van der Waals surface area (Å²) in [6.07, 6.45) is 1.03. The maximum Gasteiger partial charge on any atom is 0.223 e. The number of nitrogens with one attached hydrogen (secondary N) is 2. The standard InChI is InChI=1S/C14H18N2O2/c1-10-4-2-3-5-12(10)9-16-14(18)11-6-7-15-13(17)8-11/h2-5,11H,6-9H2,1H3,(H,15,17)(H,16,18). The molecule has 18 heavy (non-hydrogen) atoms. The SMILES string of the molecule is Cc1ccccc1CNC(=O)C1CCNC(=O)C1. The van der Waals surface area contributed by atoms with Crippen LogP contribution in [0, 0.1) is 12.8 Å². The van der Waals surface area contributed by atoms with Gasteiger partial charge in [-0.1, -0.05) is 24.3 Å². The summed E-state index contributed by atoms with van der Waals surface area (Å²) in [7, 11) is 0. The van der Waals surface area contributed by atoms with Gasteiger partial charge < -0.3 is 10.6 Å². The van der Waals surface area contributed by atoms with Gasteiger partial charge >= 0.3 is 0 Å². The topological polar surface area (TPSA) is 58.2 Å². The predicted molar refractivity (Wildman–Crippen MR) is 68.8 cm³/mol. The minimum Gasteiger partial charge on any atom is -0.356 e. The molecule has 4 heteroatoms. The summed E-state index contributed by atoms with van der Waals surface area (Å²) >= 11 is 0. The van der Waals surface area contributed by atoms with Gasteiger partial charge in [-0.3, -0.25) is 9.59 Å². The lowest BCUT2D eigenvalue weighted by molar-refractivity contribution is -0.132. The molecule has 96 valence electrons. The molecule has 1 aromatic rings. The lowest BCUT2D eigenvalue weighted by Crippen LogP contribution is -2.40. The lowest BCUT2D eigenvalue weighted by atomic mass is 9.96. The molecule has 0 radical (unpaired) electrons. The van der Waals surface area contributed by atoms with Crippen LogP contribution in [0.25, 0.3) is 0 Å². The van der Waals surface area contributed by atoms with Crippen molar-refractivity contribution in [2.24, 2.45) is 5.92 Å². The first-order chi connectivity index (χ1) is 8.66. The van der Waals surface area contributed by atoms with Crippen LogP contribution >= 0.6 is 0 Å². The fourth-order valence-corrected chi connectivity index (χ4v) is 2.14. The van der Waals surface area contributed by atoms with E-state index in [0.717, 1.165) is 12.0 Å². The van der Waals surface area contributed by atoms with Crippen molar-refractivity contribution in [1.82, 2.24) is 10.6 Å². The lowest BCUT2D eigenvalue weighted by Gasteiger charge is -2.21. The van der Waals surface area contributed by atoms with Crippen molar-refractivity contribution < 1.29 is 9.59 Å². The highest BCUT2D eigenvalue weighted by molar-refractivity contribution is 5.86. The van der Waals surface area contributed by atoms with E-state index in [1.165, 1.54) is 5.56 Å². The van der Waals surface area contributed by atoms with E-state index in [1.54, 1.807) is 0 Å². The zero-order chi connectivity index (χ0) is 13.0. The first kappa shape index (κ1) is 12.6. The van der Waals surface area contributed by atoms with E-state index in [9.17, 15) is 9.59 Å². The minimum atomic E-state index is -0.178. The molecule has 1 unspecified atom stereocenters. The first-order valence-corrected chi connectivity index (χ1v) is 6.25. The monoisotopic (exact) mass is 246 g/mol. The molecular formula is C14H18N2O2. The van der Waals surface area contributed by atoms with Crippen LogP contribution in [0.1, 0.15) is 24.0 Å². The maximum atomic E-state index is 11.9. The van der Waals surface area contributed by atoms with Gasteiger partial charge in [0.2, 0.25) is 11.8 Å². The van der Waals surface area contributed by atoms with E-state index >= 15 is 0 Å². The zero-order valence-corrected chi connectivity index (χ0v) is 10.5. The van der Waals surface area contributed by atoms with Crippen LogP contribution in [0.3, 0.4) is 0 Å². The Morgan fingerprint density at radius 2 is 2.22 bits per heavy atom. The molecular weight excluding hydrogens is 228 g/mol. The number of hydrogen-bond donors (Lipinski definition) is 2. The van der Waals surface area contributed by atoms with Gasteiger partial charge in [0.05, 0.1) is 0 Å². The Kier molecular flexibility index (Phi) is 3.97. The zero-order valence-electron chi connectivity index (χ0n) is 10.5. The van der Waals surface area contributed by atoms with E-state index < -0.39 is 0 Å². The van der Waals surface area contributed by atoms with Gasteiger partial charge in [-0.15, -0.1) is 0 Å². The summed E-state index contributed by atoms with van der Waals surface area (Å²) in [6.45, 7) is 3.15. The molecule has 1 aliphatic rings. The van der Waals surface area contributed by atoms with Crippen LogP contribution in [0.5, 0.6) is 0 Å². The highest BCUT2D eigenvalue weighted by Crippen LogP contribution is 2.13. The molecule has 0 aliphatic carbocycles. The van der Waals surface area contributed by atoms with Crippen molar-refractivity contribution in [3.05, 3.63) is 35.4 Å². The highest BCUT2D eigenvalue weighted by atomic mass is 16.2. The van der Waals surface area contributed by atoms with E-state index in [-0.39, 0.29) is 17.7 Å². The van der Waals surface area contributed by atoms with Crippen molar-refractivity contribution in [2.75, 3.05) is 6.54 Å². The molecule has 1 heterocycles. The second-order valence-corrected chi connectivity index (χ2v) is 4.68. The summed E-state index contributed by atoms with van der Waals surface area (Å²) in [4.78, 5) is 23.2. The van der Waals surface area contributed by atoms with E-state index in [1.807, 2.05) is 31.2 Å². The number of aryl methyl sites for hydroxylation is 1. The van der Waals surface area contributed by atoms with Crippen LogP contribution < -0.4 is 10.6 Å². The number of piperidine rings is 1. The summed E-state index contributed by atoms with van der Waals surface area (Å²) in [6, 6.07) is 7.97. The molecule has 2 rings (SSSR count). The third-order valence-electron chi connectivity index (χ3n) is 3.33. The van der Waals surface area contributed by atoms with Crippen LogP contribution in [-0.2, 0) is 16.1 Å². The molecule has 1 fully saturated rings. The number of hydrogen-bond acceptors (Lipinski definition) is 2. The largest absolute Gasteiger partial charge is 0.356 e. The maximum absolute atomic E-state index is 11.9. The molecule has 2 N–H and O–H groups in total. The average molecular weight is 246 g/mol.